The first-order chi connectivity index (χ1) is 7.20. The van der Waals surface area contributed by atoms with Gasteiger partial charge in [0, 0.05) is 5.56 Å². The van der Waals surface area contributed by atoms with Crippen LogP contribution in [-0.2, 0) is 4.74 Å². The topological polar surface area (TPSA) is 9.23 Å². The van der Waals surface area contributed by atoms with Crippen molar-refractivity contribution < 1.29 is 13.5 Å². The van der Waals surface area contributed by atoms with Crippen molar-refractivity contribution in [2.24, 2.45) is 0 Å². The zero-order valence-corrected chi connectivity index (χ0v) is 8.47. The first-order valence-corrected chi connectivity index (χ1v) is 4.91. The van der Waals surface area contributed by atoms with Gasteiger partial charge in [-0.1, -0.05) is 24.3 Å². The van der Waals surface area contributed by atoms with E-state index in [0.29, 0.717) is 24.2 Å². The van der Waals surface area contributed by atoms with E-state index in [1.165, 1.54) is 0 Å². The molecule has 0 radical (unpaired) electrons. The van der Waals surface area contributed by atoms with Crippen molar-refractivity contribution in [2.75, 3.05) is 6.61 Å². The molecular formula is C12H12F2O. The molecule has 0 spiro atoms. The van der Waals surface area contributed by atoms with E-state index in [2.05, 4.69) is 0 Å². The molecule has 0 bridgehead atoms. The van der Waals surface area contributed by atoms with Crippen LogP contribution in [0.25, 0.3) is 0 Å². The van der Waals surface area contributed by atoms with Crippen LogP contribution in [-0.4, -0.2) is 6.61 Å². The van der Waals surface area contributed by atoms with E-state index in [4.69, 9.17) is 4.74 Å². The van der Waals surface area contributed by atoms with E-state index < -0.39 is 11.6 Å². The fourth-order valence-electron chi connectivity index (χ4n) is 1.65. The normalized spacial score (nSPS) is 20.6. The third kappa shape index (κ3) is 1.92. The minimum absolute atomic E-state index is 0.308. The minimum Gasteiger partial charge on any atom is -0.369 e. The Morgan fingerprint density at radius 1 is 1.20 bits per heavy atom. The lowest BCUT2D eigenvalue weighted by molar-refractivity contribution is 0.0645. The predicted octanol–water partition coefficient (Wildman–Crippen LogP) is 3.29. The van der Waals surface area contributed by atoms with Crippen LogP contribution in [0.3, 0.4) is 0 Å². The summed E-state index contributed by atoms with van der Waals surface area (Å²) in [6.45, 7) is 2.00. The summed E-state index contributed by atoms with van der Waals surface area (Å²) in [6.07, 6.45) is 4.04. The Balaban J connectivity index is 2.36. The van der Waals surface area contributed by atoms with Gasteiger partial charge in [-0.3, -0.25) is 0 Å². The second kappa shape index (κ2) is 4.11. The fraction of sp³-hybridized carbons (Fsp3) is 0.333. The number of hydrogen-bond acceptors (Lipinski definition) is 1. The third-order valence-electron chi connectivity index (χ3n) is 2.56. The number of hydrogen-bond donors (Lipinski definition) is 0. The fourth-order valence-corrected chi connectivity index (χ4v) is 1.65. The summed E-state index contributed by atoms with van der Waals surface area (Å²) in [7, 11) is 0. The quantitative estimate of drug-likeness (QED) is 0.646. The molecule has 1 heterocycles. The molecule has 0 fully saturated rings. The van der Waals surface area contributed by atoms with Gasteiger partial charge in [-0.2, -0.15) is 0 Å². The van der Waals surface area contributed by atoms with E-state index in [0.717, 1.165) is 0 Å². The maximum atomic E-state index is 13.6. The Labute approximate surface area is 87.4 Å². The highest BCUT2D eigenvalue weighted by molar-refractivity contribution is 5.27. The van der Waals surface area contributed by atoms with Crippen LogP contribution < -0.4 is 0 Å². The van der Waals surface area contributed by atoms with Gasteiger partial charge in [-0.25, -0.2) is 8.78 Å². The second-order valence-electron chi connectivity index (χ2n) is 3.63. The lowest BCUT2D eigenvalue weighted by atomic mass is 10.0. The van der Waals surface area contributed by atoms with Crippen LogP contribution >= 0.6 is 0 Å². The first-order valence-electron chi connectivity index (χ1n) is 4.91. The van der Waals surface area contributed by atoms with Gasteiger partial charge in [0.25, 0.3) is 0 Å². The average molecular weight is 210 g/mol. The molecular weight excluding hydrogens is 198 g/mol. The smallest absolute Gasteiger partial charge is 0.164 e. The molecule has 0 amide bonds. The number of halogens is 2. The molecule has 3 heteroatoms. The van der Waals surface area contributed by atoms with Gasteiger partial charge in [-0.05, 0) is 18.9 Å². The third-order valence-corrected chi connectivity index (χ3v) is 2.56. The number of aryl methyl sites for hydroxylation is 1. The Morgan fingerprint density at radius 3 is 2.67 bits per heavy atom. The lowest BCUT2D eigenvalue weighted by Crippen LogP contribution is -2.10. The van der Waals surface area contributed by atoms with Crippen molar-refractivity contribution in [3.05, 3.63) is 47.0 Å². The van der Waals surface area contributed by atoms with E-state index >= 15 is 0 Å². The molecule has 1 unspecified atom stereocenters. The molecule has 80 valence electrons. The standard InChI is InChI=1S/C12H12F2O/c1-8-5-6-9(12(14)11(8)13)10-4-2-3-7-15-10/h2-3,5-6,10H,4,7H2,1H3. The lowest BCUT2D eigenvalue weighted by Gasteiger charge is -2.20. The Kier molecular flexibility index (Phi) is 2.82. The summed E-state index contributed by atoms with van der Waals surface area (Å²) in [5, 5.41) is 0. The minimum atomic E-state index is -0.782. The first kappa shape index (κ1) is 10.3. The monoisotopic (exact) mass is 210 g/mol. The molecule has 1 atom stereocenters. The highest BCUT2D eigenvalue weighted by Crippen LogP contribution is 2.28. The zero-order chi connectivity index (χ0) is 10.8. The molecule has 0 aromatic heterocycles. The summed E-state index contributed by atoms with van der Waals surface area (Å²) >= 11 is 0. The molecule has 1 nitrogen and oxygen atoms in total. The highest BCUT2D eigenvalue weighted by Gasteiger charge is 2.20. The van der Waals surface area contributed by atoms with Gasteiger partial charge >= 0.3 is 0 Å². The molecule has 0 N–H and O–H groups in total. The molecule has 2 rings (SSSR count). The van der Waals surface area contributed by atoms with Gasteiger partial charge in [0.15, 0.2) is 11.6 Å². The average Bonchev–Trinajstić information content (AvgIpc) is 2.27. The molecule has 1 aromatic carbocycles. The molecule has 0 saturated carbocycles. The number of benzene rings is 1. The summed E-state index contributed by atoms with van der Waals surface area (Å²) in [5.74, 6) is -1.55. The van der Waals surface area contributed by atoms with E-state index in [1.807, 2.05) is 12.2 Å². The van der Waals surface area contributed by atoms with Gasteiger partial charge in [-0.15, -0.1) is 0 Å². The van der Waals surface area contributed by atoms with Crippen molar-refractivity contribution in [3.8, 4) is 0 Å². The summed E-state index contributed by atoms with van der Waals surface area (Å²) < 4.78 is 32.2. The maximum Gasteiger partial charge on any atom is 0.164 e. The van der Waals surface area contributed by atoms with Crippen LogP contribution in [0.1, 0.15) is 23.7 Å². The number of rotatable bonds is 1. The Bertz CT molecular complexity index is 399. The van der Waals surface area contributed by atoms with Crippen LogP contribution in [0.2, 0.25) is 0 Å². The van der Waals surface area contributed by atoms with Crippen molar-refractivity contribution in [1.29, 1.82) is 0 Å². The van der Waals surface area contributed by atoms with Crippen LogP contribution in [0.15, 0.2) is 24.3 Å². The van der Waals surface area contributed by atoms with E-state index in [1.54, 1.807) is 19.1 Å². The van der Waals surface area contributed by atoms with Crippen molar-refractivity contribution in [1.82, 2.24) is 0 Å². The number of ether oxygens (including phenoxy) is 1. The van der Waals surface area contributed by atoms with E-state index in [9.17, 15) is 8.78 Å². The largest absolute Gasteiger partial charge is 0.369 e. The van der Waals surface area contributed by atoms with Crippen molar-refractivity contribution >= 4 is 0 Å². The Morgan fingerprint density at radius 2 is 2.00 bits per heavy atom. The van der Waals surface area contributed by atoms with Gasteiger partial charge in [0.05, 0.1) is 12.7 Å². The SMILES string of the molecule is Cc1ccc(C2CC=CCO2)c(F)c1F. The highest BCUT2D eigenvalue weighted by atomic mass is 19.2. The molecule has 0 aliphatic carbocycles. The summed E-state index contributed by atoms with van der Waals surface area (Å²) in [5.41, 5.74) is 0.630. The molecule has 1 aliphatic rings. The summed E-state index contributed by atoms with van der Waals surface area (Å²) in [6, 6.07) is 3.17. The van der Waals surface area contributed by atoms with Gasteiger partial charge in [0.1, 0.15) is 0 Å². The zero-order valence-electron chi connectivity index (χ0n) is 8.47. The van der Waals surface area contributed by atoms with Crippen molar-refractivity contribution in [2.45, 2.75) is 19.4 Å². The van der Waals surface area contributed by atoms with Crippen molar-refractivity contribution in [3.63, 3.8) is 0 Å². The molecule has 0 saturated heterocycles. The predicted molar refractivity (Wildman–Crippen MR) is 53.5 cm³/mol. The van der Waals surface area contributed by atoms with Gasteiger partial charge < -0.3 is 4.74 Å². The summed E-state index contributed by atoms with van der Waals surface area (Å²) in [4.78, 5) is 0. The van der Waals surface area contributed by atoms with E-state index in [-0.39, 0.29) is 6.10 Å². The van der Waals surface area contributed by atoms with Gasteiger partial charge in [0.2, 0.25) is 0 Å². The molecule has 1 aromatic rings. The maximum absolute atomic E-state index is 13.6. The second-order valence-corrected chi connectivity index (χ2v) is 3.63. The van der Waals surface area contributed by atoms with Crippen LogP contribution in [0.5, 0.6) is 0 Å². The Hall–Kier alpha value is -1.22. The molecule has 1 aliphatic heterocycles. The van der Waals surface area contributed by atoms with Crippen LogP contribution in [0.4, 0.5) is 8.78 Å². The molecule has 15 heavy (non-hydrogen) atoms. The van der Waals surface area contributed by atoms with Crippen LogP contribution in [0, 0.1) is 18.6 Å².